The summed E-state index contributed by atoms with van der Waals surface area (Å²) in [4.78, 5) is 19.4. The molecule has 5 N–H and O–H groups in total. The van der Waals surface area contributed by atoms with Crippen LogP contribution in [-0.2, 0) is 6.42 Å². The van der Waals surface area contributed by atoms with Crippen LogP contribution in [0, 0.1) is 0 Å². The molecule has 0 radical (unpaired) electrons. The Morgan fingerprint density at radius 2 is 2.20 bits per heavy atom. The highest BCUT2D eigenvalue weighted by atomic mass is 16.1. The van der Waals surface area contributed by atoms with Crippen molar-refractivity contribution in [2.24, 2.45) is 5.73 Å². The first-order chi connectivity index (χ1) is 9.65. The van der Waals surface area contributed by atoms with Gasteiger partial charge >= 0.3 is 0 Å². The summed E-state index contributed by atoms with van der Waals surface area (Å²) in [5.41, 5.74) is 14.3. The molecule has 1 aliphatic heterocycles. The largest absolute Gasteiger partial charge is 0.385 e. The van der Waals surface area contributed by atoms with Gasteiger partial charge < -0.3 is 16.8 Å². The van der Waals surface area contributed by atoms with Crippen LogP contribution in [0.25, 0.3) is 11.4 Å². The van der Waals surface area contributed by atoms with Gasteiger partial charge in [0.25, 0.3) is 5.91 Å². The fourth-order valence-electron chi connectivity index (χ4n) is 2.32. The van der Waals surface area contributed by atoms with Gasteiger partial charge in [-0.2, -0.15) is 0 Å². The van der Waals surface area contributed by atoms with Crippen molar-refractivity contribution in [2.75, 3.05) is 17.6 Å². The van der Waals surface area contributed by atoms with Gasteiger partial charge in [0.15, 0.2) is 5.82 Å². The third-order valence-corrected chi connectivity index (χ3v) is 3.39. The number of benzene rings is 1. The normalized spacial score (nSPS) is 13.4. The van der Waals surface area contributed by atoms with Crippen LogP contribution in [0.5, 0.6) is 0 Å². The fraction of sp³-hybridized carbons (Fsp3) is 0.214. The lowest BCUT2D eigenvalue weighted by molar-refractivity contribution is 0.100. The van der Waals surface area contributed by atoms with Gasteiger partial charge in [-0.15, -0.1) is 0 Å². The maximum absolute atomic E-state index is 11.1. The standard InChI is InChI=1S/C14H15N5O/c15-12-10(13(16)20)7-18-14(19-12)9-4-3-8-2-1-5-17-11(8)6-9/h3-4,6-7,17H,1-2,5H2,(H2,16,20)(H2,15,18,19). The molecule has 0 atom stereocenters. The summed E-state index contributed by atoms with van der Waals surface area (Å²) < 4.78 is 0. The highest BCUT2D eigenvalue weighted by Gasteiger charge is 2.13. The molecule has 1 amide bonds. The monoisotopic (exact) mass is 269 g/mol. The topological polar surface area (TPSA) is 107 Å². The van der Waals surface area contributed by atoms with E-state index in [4.69, 9.17) is 11.5 Å². The number of carbonyl (C=O) groups is 1. The second-order valence-electron chi connectivity index (χ2n) is 4.76. The molecule has 102 valence electrons. The Kier molecular flexibility index (Phi) is 2.98. The van der Waals surface area contributed by atoms with E-state index in [-0.39, 0.29) is 11.4 Å². The van der Waals surface area contributed by atoms with E-state index in [0.717, 1.165) is 30.6 Å². The zero-order chi connectivity index (χ0) is 14.1. The van der Waals surface area contributed by atoms with E-state index in [9.17, 15) is 4.79 Å². The minimum Gasteiger partial charge on any atom is -0.385 e. The van der Waals surface area contributed by atoms with E-state index in [1.54, 1.807) is 0 Å². The molecule has 1 aromatic carbocycles. The minimum absolute atomic E-state index is 0.105. The number of amides is 1. The molecule has 0 spiro atoms. The van der Waals surface area contributed by atoms with Crippen LogP contribution in [-0.4, -0.2) is 22.4 Å². The van der Waals surface area contributed by atoms with E-state index < -0.39 is 5.91 Å². The van der Waals surface area contributed by atoms with Crippen molar-refractivity contribution in [3.05, 3.63) is 35.5 Å². The number of nitrogens with two attached hydrogens (primary N) is 2. The van der Waals surface area contributed by atoms with Gasteiger partial charge in [0.2, 0.25) is 0 Å². The highest BCUT2D eigenvalue weighted by Crippen LogP contribution is 2.27. The second-order valence-corrected chi connectivity index (χ2v) is 4.76. The van der Waals surface area contributed by atoms with Gasteiger partial charge in [-0.3, -0.25) is 4.79 Å². The van der Waals surface area contributed by atoms with E-state index in [2.05, 4.69) is 21.4 Å². The first kappa shape index (κ1) is 12.4. The molecule has 0 unspecified atom stereocenters. The maximum Gasteiger partial charge on any atom is 0.254 e. The van der Waals surface area contributed by atoms with Gasteiger partial charge in [-0.25, -0.2) is 9.97 Å². The van der Waals surface area contributed by atoms with Crippen molar-refractivity contribution < 1.29 is 4.79 Å². The number of aromatic nitrogens is 2. The Labute approximate surface area is 116 Å². The minimum atomic E-state index is -0.624. The van der Waals surface area contributed by atoms with Gasteiger partial charge in [0.05, 0.1) is 5.56 Å². The summed E-state index contributed by atoms with van der Waals surface area (Å²) in [6, 6.07) is 6.04. The van der Waals surface area contributed by atoms with Crippen LogP contribution in [0.2, 0.25) is 0 Å². The molecule has 1 aliphatic rings. The van der Waals surface area contributed by atoms with Gasteiger partial charge in [-0.1, -0.05) is 12.1 Å². The summed E-state index contributed by atoms with van der Waals surface area (Å²) in [5, 5.41) is 3.36. The number of hydrogen-bond acceptors (Lipinski definition) is 5. The Morgan fingerprint density at radius 1 is 1.35 bits per heavy atom. The number of rotatable bonds is 2. The quantitative estimate of drug-likeness (QED) is 0.759. The van der Waals surface area contributed by atoms with E-state index in [1.807, 2.05) is 12.1 Å². The smallest absolute Gasteiger partial charge is 0.254 e. The van der Waals surface area contributed by atoms with Crippen LogP contribution in [0.1, 0.15) is 22.3 Å². The van der Waals surface area contributed by atoms with Gasteiger partial charge in [-0.05, 0) is 24.5 Å². The predicted octanol–water partition coefficient (Wildman–Crippen LogP) is 1.18. The lowest BCUT2D eigenvalue weighted by Gasteiger charge is -2.18. The van der Waals surface area contributed by atoms with Crippen molar-refractivity contribution in [3.8, 4) is 11.4 Å². The van der Waals surface area contributed by atoms with E-state index in [1.165, 1.54) is 11.8 Å². The van der Waals surface area contributed by atoms with Gasteiger partial charge in [0, 0.05) is 24.0 Å². The number of nitrogens with zero attached hydrogens (tertiary/aromatic N) is 2. The number of aryl methyl sites for hydroxylation is 1. The predicted molar refractivity (Wildman–Crippen MR) is 77.2 cm³/mol. The molecule has 0 saturated heterocycles. The zero-order valence-electron chi connectivity index (χ0n) is 10.9. The molecule has 0 bridgehead atoms. The van der Waals surface area contributed by atoms with Crippen molar-refractivity contribution in [1.82, 2.24) is 9.97 Å². The third kappa shape index (κ3) is 2.16. The first-order valence-electron chi connectivity index (χ1n) is 6.44. The average molecular weight is 269 g/mol. The Morgan fingerprint density at radius 3 is 2.95 bits per heavy atom. The average Bonchev–Trinajstić information content (AvgIpc) is 2.46. The Bertz CT molecular complexity index is 683. The molecule has 3 rings (SSSR count). The number of nitrogens with one attached hydrogen (secondary N) is 1. The SMILES string of the molecule is NC(=O)c1cnc(-c2ccc3c(c2)NCCC3)nc1N. The number of hydrogen-bond donors (Lipinski definition) is 3. The summed E-state index contributed by atoms with van der Waals surface area (Å²) >= 11 is 0. The fourth-order valence-corrected chi connectivity index (χ4v) is 2.32. The summed E-state index contributed by atoms with van der Waals surface area (Å²) in [6.07, 6.45) is 3.59. The molecule has 1 aromatic heterocycles. The number of primary amides is 1. The summed E-state index contributed by atoms with van der Waals surface area (Å²) in [5.74, 6) is -0.0305. The zero-order valence-corrected chi connectivity index (χ0v) is 10.9. The lowest BCUT2D eigenvalue weighted by Crippen LogP contribution is -2.15. The first-order valence-corrected chi connectivity index (χ1v) is 6.44. The molecule has 6 heteroatoms. The van der Waals surface area contributed by atoms with Crippen molar-refractivity contribution in [3.63, 3.8) is 0 Å². The summed E-state index contributed by atoms with van der Waals surface area (Å²) in [6.45, 7) is 0.972. The summed E-state index contributed by atoms with van der Waals surface area (Å²) in [7, 11) is 0. The van der Waals surface area contributed by atoms with Gasteiger partial charge in [0.1, 0.15) is 5.82 Å². The van der Waals surface area contributed by atoms with Crippen LogP contribution >= 0.6 is 0 Å². The van der Waals surface area contributed by atoms with Crippen LogP contribution < -0.4 is 16.8 Å². The van der Waals surface area contributed by atoms with Crippen LogP contribution in [0.4, 0.5) is 11.5 Å². The Hall–Kier alpha value is -2.63. The molecule has 6 nitrogen and oxygen atoms in total. The van der Waals surface area contributed by atoms with Crippen LogP contribution in [0.15, 0.2) is 24.4 Å². The number of anilines is 2. The number of fused-ring (bicyclic) bond motifs is 1. The Balaban J connectivity index is 2.01. The third-order valence-electron chi connectivity index (χ3n) is 3.39. The molecule has 0 fully saturated rings. The second kappa shape index (κ2) is 4.80. The molecule has 2 heterocycles. The van der Waals surface area contributed by atoms with E-state index >= 15 is 0 Å². The molecular formula is C14H15N5O. The lowest BCUT2D eigenvalue weighted by atomic mass is 10.0. The van der Waals surface area contributed by atoms with Crippen molar-refractivity contribution in [2.45, 2.75) is 12.8 Å². The van der Waals surface area contributed by atoms with Crippen molar-refractivity contribution in [1.29, 1.82) is 0 Å². The molecule has 0 saturated carbocycles. The molecule has 2 aromatic rings. The van der Waals surface area contributed by atoms with Crippen LogP contribution in [0.3, 0.4) is 0 Å². The van der Waals surface area contributed by atoms with Crippen molar-refractivity contribution >= 4 is 17.4 Å². The molecule has 0 aliphatic carbocycles. The maximum atomic E-state index is 11.1. The van der Waals surface area contributed by atoms with E-state index in [0.29, 0.717) is 5.82 Å². The molecule has 20 heavy (non-hydrogen) atoms. The molecular weight excluding hydrogens is 254 g/mol. The highest BCUT2D eigenvalue weighted by molar-refractivity contribution is 5.96. The number of nitrogen functional groups attached to an aromatic ring is 1. The number of carbonyl (C=O) groups excluding carboxylic acids is 1.